The highest BCUT2D eigenvalue weighted by atomic mass is 16.1. The summed E-state index contributed by atoms with van der Waals surface area (Å²) >= 11 is 0. The largest absolute Gasteiger partial charge is 0.359 e. The Morgan fingerprint density at radius 3 is 2.33 bits per heavy atom. The highest BCUT2D eigenvalue weighted by molar-refractivity contribution is 6.06. The van der Waals surface area contributed by atoms with Gasteiger partial charge < -0.3 is 15.1 Å². The van der Waals surface area contributed by atoms with Gasteiger partial charge in [0.15, 0.2) is 0 Å². The number of benzene rings is 2. The fourth-order valence-corrected chi connectivity index (χ4v) is 3.28. The summed E-state index contributed by atoms with van der Waals surface area (Å²) in [5, 5.41) is 3.10. The molecule has 0 saturated carbocycles. The van der Waals surface area contributed by atoms with Gasteiger partial charge in [-0.15, -0.1) is 0 Å². The van der Waals surface area contributed by atoms with Gasteiger partial charge in [0, 0.05) is 5.56 Å². The number of aryl methyl sites for hydroxylation is 2. The van der Waals surface area contributed by atoms with E-state index < -0.39 is 0 Å². The van der Waals surface area contributed by atoms with Gasteiger partial charge in [0.1, 0.15) is 0 Å². The zero-order valence-corrected chi connectivity index (χ0v) is 14.7. The van der Waals surface area contributed by atoms with Crippen LogP contribution in [0.4, 0.5) is 11.4 Å². The minimum absolute atomic E-state index is 0.0472. The van der Waals surface area contributed by atoms with Crippen LogP contribution >= 0.6 is 0 Å². The summed E-state index contributed by atoms with van der Waals surface area (Å²) in [6.45, 7) is 8.32. The molecule has 0 atom stereocenters. The number of anilines is 2. The molecule has 0 spiro atoms. The molecular weight excluding hydrogens is 298 g/mol. The first kappa shape index (κ1) is 16.5. The van der Waals surface area contributed by atoms with Crippen molar-refractivity contribution < 1.29 is 9.69 Å². The van der Waals surface area contributed by atoms with Crippen molar-refractivity contribution in [3.05, 3.63) is 59.2 Å². The van der Waals surface area contributed by atoms with E-state index in [1.54, 1.807) is 4.90 Å². The van der Waals surface area contributed by atoms with Crippen molar-refractivity contribution in [1.29, 1.82) is 0 Å². The second-order valence-corrected chi connectivity index (χ2v) is 6.79. The molecule has 1 aliphatic rings. The van der Waals surface area contributed by atoms with Gasteiger partial charge in [-0.1, -0.05) is 29.3 Å². The van der Waals surface area contributed by atoms with Gasteiger partial charge in [-0.2, -0.15) is 0 Å². The lowest BCUT2D eigenvalue weighted by molar-refractivity contribution is -0.880. The predicted molar refractivity (Wildman–Crippen MR) is 99.1 cm³/mol. The summed E-state index contributed by atoms with van der Waals surface area (Å²) < 4.78 is 0. The van der Waals surface area contributed by atoms with E-state index >= 15 is 0 Å². The molecule has 1 fully saturated rings. The number of piperazine rings is 1. The lowest BCUT2D eigenvalue weighted by Gasteiger charge is -2.33. The van der Waals surface area contributed by atoms with Gasteiger partial charge in [-0.3, -0.25) is 4.79 Å². The van der Waals surface area contributed by atoms with Crippen LogP contribution in [0.2, 0.25) is 0 Å². The number of quaternary nitrogens is 1. The normalized spacial score (nSPS) is 15.4. The third kappa shape index (κ3) is 3.77. The van der Waals surface area contributed by atoms with Gasteiger partial charge in [0.05, 0.1) is 44.6 Å². The van der Waals surface area contributed by atoms with Crippen LogP contribution in [0.15, 0.2) is 42.5 Å². The first-order chi connectivity index (χ1) is 11.5. The SMILES string of the molecule is Cc1cc(C)cc(C(=O)Nc2ccccc2N2CC[NH+](C)CC2)c1. The molecule has 0 unspecified atom stereocenters. The van der Waals surface area contributed by atoms with E-state index in [2.05, 4.69) is 29.4 Å². The van der Waals surface area contributed by atoms with E-state index in [0.29, 0.717) is 5.56 Å². The van der Waals surface area contributed by atoms with Crippen molar-refractivity contribution in [3.63, 3.8) is 0 Å². The first-order valence-corrected chi connectivity index (χ1v) is 8.58. The standard InChI is InChI=1S/C20H25N3O/c1-15-12-16(2)14-17(13-15)20(24)21-18-6-4-5-7-19(18)23-10-8-22(3)9-11-23/h4-7,12-14H,8-11H2,1-3H3,(H,21,24)/p+1. The van der Waals surface area contributed by atoms with Gasteiger partial charge in [-0.05, 0) is 38.1 Å². The van der Waals surface area contributed by atoms with Crippen LogP contribution in [0.1, 0.15) is 21.5 Å². The fourth-order valence-electron chi connectivity index (χ4n) is 3.28. The summed E-state index contributed by atoms with van der Waals surface area (Å²) in [5.74, 6) is -0.0472. The fraction of sp³-hybridized carbons (Fsp3) is 0.350. The van der Waals surface area contributed by atoms with Crippen molar-refractivity contribution >= 4 is 17.3 Å². The molecule has 1 amide bonds. The lowest BCUT2D eigenvalue weighted by Crippen LogP contribution is -3.12. The average molecular weight is 324 g/mol. The molecule has 3 rings (SSSR count). The molecule has 1 heterocycles. The molecule has 4 heteroatoms. The minimum Gasteiger partial charge on any atom is -0.359 e. The summed E-state index contributed by atoms with van der Waals surface area (Å²) in [6.07, 6.45) is 0. The van der Waals surface area contributed by atoms with E-state index in [1.165, 1.54) is 0 Å². The second kappa shape index (κ2) is 7.05. The average Bonchev–Trinajstić information content (AvgIpc) is 2.55. The van der Waals surface area contributed by atoms with Gasteiger partial charge in [-0.25, -0.2) is 0 Å². The first-order valence-electron chi connectivity index (χ1n) is 8.58. The molecule has 1 saturated heterocycles. The smallest absolute Gasteiger partial charge is 0.255 e. The van der Waals surface area contributed by atoms with Crippen molar-refractivity contribution in [2.24, 2.45) is 0 Å². The quantitative estimate of drug-likeness (QED) is 0.905. The molecule has 0 radical (unpaired) electrons. The number of hydrogen-bond acceptors (Lipinski definition) is 2. The molecule has 1 aliphatic heterocycles. The zero-order chi connectivity index (χ0) is 17.1. The van der Waals surface area contributed by atoms with Crippen LogP contribution in [0.3, 0.4) is 0 Å². The third-order valence-corrected chi connectivity index (χ3v) is 4.59. The number of likely N-dealkylation sites (N-methyl/N-ethyl adjacent to an activating group) is 1. The number of nitrogens with one attached hydrogen (secondary N) is 2. The zero-order valence-electron chi connectivity index (χ0n) is 14.7. The van der Waals surface area contributed by atoms with E-state index in [0.717, 1.165) is 48.7 Å². The molecule has 0 aromatic heterocycles. The predicted octanol–water partition coefficient (Wildman–Crippen LogP) is 1.89. The van der Waals surface area contributed by atoms with Crippen molar-refractivity contribution in [2.75, 3.05) is 43.4 Å². The maximum absolute atomic E-state index is 12.7. The van der Waals surface area contributed by atoms with Crippen LogP contribution in [-0.4, -0.2) is 39.1 Å². The molecule has 4 nitrogen and oxygen atoms in total. The van der Waals surface area contributed by atoms with Crippen LogP contribution in [-0.2, 0) is 0 Å². The minimum atomic E-state index is -0.0472. The molecule has 126 valence electrons. The lowest BCUT2D eigenvalue weighted by atomic mass is 10.1. The Balaban J connectivity index is 1.81. The van der Waals surface area contributed by atoms with Crippen molar-refractivity contribution in [1.82, 2.24) is 0 Å². The Kier molecular flexibility index (Phi) is 4.86. The van der Waals surface area contributed by atoms with E-state index in [-0.39, 0.29) is 5.91 Å². The molecular formula is C20H26N3O+. The van der Waals surface area contributed by atoms with E-state index in [1.807, 2.05) is 44.2 Å². The maximum atomic E-state index is 12.7. The van der Waals surface area contributed by atoms with Crippen molar-refractivity contribution in [2.45, 2.75) is 13.8 Å². The monoisotopic (exact) mass is 324 g/mol. The Bertz CT molecular complexity index is 713. The van der Waals surface area contributed by atoms with E-state index in [9.17, 15) is 4.79 Å². The number of carbonyl (C=O) groups is 1. The number of carbonyl (C=O) groups excluding carboxylic acids is 1. The number of nitrogens with zero attached hydrogens (tertiary/aromatic N) is 1. The molecule has 2 N–H and O–H groups in total. The summed E-state index contributed by atoms with van der Waals surface area (Å²) in [4.78, 5) is 16.6. The number of para-hydroxylation sites is 2. The second-order valence-electron chi connectivity index (χ2n) is 6.79. The Hall–Kier alpha value is -2.33. The Morgan fingerprint density at radius 1 is 1.04 bits per heavy atom. The number of rotatable bonds is 3. The van der Waals surface area contributed by atoms with Gasteiger partial charge in [0.2, 0.25) is 0 Å². The summed E-state index contributed by atoms with van der Waals surface area (Å²) in [6, 6.07) is 14.0. The molecule has 0 aliphatic carbocycles. The highest BCUT2D eigenvalue weighted by Gasteiger charge is 2.20. The third-order valence-electron chi connectivity index (χ3n) is 4.59. The van der Waals surface area contributed by atoms with Gasteiger partial charge >= 0.3 is 0 Å². The topological polar surface area (TPSA) is 36.8 Å². The van der Waals surface area contributed by atoms with Crippen LogP contribution in [0.5, 0.6) is 0 Å². The number of hydrogen-bond donors (Lipinski definition) is 2. The Labute approximate surface area is 144 Å². The summed E-state index contributed by atoms with van der Waals surface area (Å²) in [5.41, 5.74) is 4.93. The maximum Gasteiger partial charge on any atom is 0.255 e. The highest BCUT2D eigenvalue weighted by Crippen LogP contribution is 2.26. The molecule has 24 heavy (non-hydrogen) atoms. The Morgan fingerprint density at radius 2 is 1.67 bits per heavy atom. The van der Waals surface area contributed by atoms with Crippen LogP contribution in [0, 0.1) is 13.8 Å². The van der Waals surface area contributed by atoms with Gasteiger partial charge in [0.25, 0.3) is 5.91 Å². The van der Waals surface area contributed by atoms with Crippen molar-refractivity contribution in [3.8, 4) is 0 Å². The molecule has 0 bridgehead atoms. The van der Waals surface area contributed by atoms with E-state index in [4.69, 9.17) is 0 Å². The summed E-state index contributed by atoms with van der Waals surface area (Å²) in [7, 11) is 2.23. The van der Waals surface area contributed by atoms with Crippen LogP contribution in [0.25, 0.3) is 0 Å². The number of amides is 1. The molecule has 2 aromatic rings. The molecule has 2 aromatic carbocycles. The van der Waals surface area contributed by atoms with Crippen LogP contribution < -0.4 is 15.1 Å².